The third-order valence-corrected chi connectivity index (χ3v) is 4.21. The first-order valence-electron chi connectivity index (χ1n) is 7.90. The molecule has 122 valence electrons. The van der Waals surface area contributed by atoms with E-state index in [-0.39, 0.29) is 5.56 Å². The van der Waals surface area contributed by atoms with Crippen molar-refractivity contribution in [3.63, 3.8) is 0 Å². The minimum Gasteiger partial charge on any atom is -0.359 e. The van der Waals surface area contributed by atoms with Gasteiger partial charge in [-0.15, -0.1) is 0 Å². The van der Waals surface area contributed by atoms with Crippen molar-refractivity contribution < 1.29 is 0 Å². The maximum atomic E-state index is 12.2. The molecule has 0 bridgehead atoms. The number of nitrogens with one attached hydrogen (secondary N) is 2. The van der Waals surface area contributed by atoms with E-state index in [0.29, 0.717) is 23.0 Å². The van der Waals surface area contributed by atoms with Gasteiger partial charge < -0.3 is 9.88 Å². The maximum Gasteiger partial charge on any atom is 0.329 e. The summed E-state index contributed by atoms with van der Waals surface area (Å²) < 4.78 is 3.28. The van der Waals surface area contributed by atoms with Crippen LogP contribution < -0.4 is 16.6 Å². The molecule has 2 heterocycles. The zero-order chi connectivity index (χ0) is 16.3. The van der Waals surface area contributed by atoms with Crippen LogP contribution in [0.5, 0.6) is 0 Å². The number of H-pyrrole nitrogens is 1. The van der Waals surface area contributed by atoms with Gasteiger partial charge in [0.05, 0.1) is 0 Å². The number of hydrogen-bond donors (Lipinski definition) is 2. The van der Waals surface area contributed by atoms with E-state index in [9.17, 15) is 9.59 Å². The number of imidazole rings is 1. The van der Waals surface area contributed by atoms with Gasteiger partial charge in [-0.2, -0.15) is 4.98 Å². The number of anilines is 1. The predicted octanol–water partition coefficient (Wildman–Crippen LogP) is 1.68. The van der Waals surface area contributed by atoms with Crippen molar-refractivity contribution in [1.29, 1.82) is 0 Å². The van der Waals surface area contributed by atoms with Gasteiger partial charge in [-0.05, 0) is 12.3 Å². The number of aromatic amines is 1. The molecule has 0 saturated carbocycles. The van der Waals surface area contributed by atoms with Crippen LogP contribution in [0.3, 0.4) is 0 Å². The summed E-state index contributed by atoms with van der Waals surface area (Å²) in [5, 5.41) is 3.03. The standard InChI is InChI=1S/C15H25N5O2/c1-5-7-8-10(6-2)9-20-11-12(17-14(20)16-3)19(4)15(22)18-13(11)21/h10H,5-9H2,1-4H3,(H,16,17)(H,18,21,22). The number of rotatable bonds is 7. The van der Waals surface area contributed by atoms with E-state index in [2.05, 4.69) is 29.1 Å². The van der Waals surface area contributed by atoms with Gasteiger partial charge >= 0.3 is 5.69 Å². The Labute approximate surface area is 129 Å². The Hall–Kier alpha value is -2.05. The molecule has 0 aliphatic rings. The smallest absolute Gasteiger partial charge is 0.329 e. The van der Waals surface area contributed by atoms with Crippen molar-refractivity contribution in [1.82, 2.24) is 19.1 Å². The van der Waals surface area contributed by atoms with Crippen LogP contribution in [-0.4, -0.2) is 26.1 Å². The first-order valence-corrected chi connectivity index (χ1v) is 7.90. The lowest BCUT2D eigenvalue weighted by Crippen LogP contribution is -2.29. The molecular formula is C15H25N5O2. The van der Waals surface area contributed by atoms with E-state index in [1.807, 2.05) is 4.57 Å². The van der Waals surface area contributed by atoms with E-state index in [4.69, 9.17) is 0 Å². The van der Waals surface area contributed by atoms with Crippen molar-refractivity contribution in [2.75, 3.05) is 12.4 Å². The molecule has 7 heteroatoms. The van der Waals surface area contributed by atoms with Crippen molar-refractivity contribution in [2.24, 2.45) is 13.0 Å². The van der Waals surface area contributed by atoms with Crippen molar-refractivity contribution in [2.45, 2.75) is 46.1 Å². The first kappa shape index (κ1) is 16.3. The highest BCUT2D eigenvalue weighted by molar-refractivity contribution is 5.74. The molecule has 7 nitrogen and oxygen atoms in total. The maximum absolute atomic E-state index is 12.2. The van der Waals surface area contributed by atoms with Crippen molar-refractivity contribution >= 4 is 17.1 Å². The predicted molar refractivity (Wildman–Crippen MR) is 88.4 cm³/mol. The lowest BCUT2D eigenvalue weighted by Gasteiger charge is -2.17. The fourth-order valence-corrected chi connectivity index (χ4v) is 2.78. The van der Waals surface area contributed by atoms with Gasteiger partial charge in [0, 0.05) is 20.6 Å². The zero-order valence-corrected chi connectivity index (χ0v) is 13.8. The SMILES string of the molecule is CCCCC(CC)Cn1c(NC)nc2c1c(=O)[nH]c(=O)n2C. The molecule has 0 fully saturated rings. The summed E-state index contributed by atoms with van der Waals surface area (Å²) in [6, 6.07) is 0. The highest BCUT2D eigenvalue weighted by Crippen LogP contribution is 2.21. The van der Waals surface area contributed by atoms with Gasteiger partial charge in [0.1, 0.15) is 0 Å². The van der Waals surface area contributed by atoms with Gasteiger partial charge in [-0.1, -0.05) is 33.1 Å². The summed E-state index contributed by atoms with van der Waals surface area (Å²) in [6.45, 7) is 5.07. The number of aryl methyl sites for hydroxylation is 1. The van der Waals surface area contributed by atoms with Crippen LogP contribution in [0, 0.1) is 5.92 Å². The van der Waals surface area contributed by atoms with Crippen LogP contribution in [0.2, 0.25) is 0 Å². The largest absolute Gasteiger partial charge is 0.359 e. The van der Waals surface area contributed by atoms with E-state index < -0.39 is 5.69 Å². The Bertz CT molecular complexity index is 756. The zero-order valence-electron chi connectivity index (χ0n) is 13.8. The number of hydrogen-bond acceptors (Lipinski definition) is 4. The summed E-state index contributed by atoms with van der Waals surface area (Å²) in [6.07, 6.45) is 4.51. The minimum atomic E-state index is -0.442. The van der Waals surface area contributed by atoms with Crippen molar-refractivity contribution in [3.05, 3.63) is 20.8 Å². The molecule has 0 aliphatic heterocycles. The van der Waals surface area contributed by atoms with E-state index in [1.165, 1.54) is 11.0 Å². The Morgan fingerprint density at radius 3 is 2.64 bits per heavy atom. The summed E-state index contributed by atoms with van der Waals surface area (Å²) in [4.78, 5) is 30.7. The molecule has 0 aromatic carbocycles. The molecule has 1 atom stereocenters. The second-order valence-electron chi connectivity index (χ2n) is 5.70. The lowest BCUT2D eigenvalue weighted by molar-refractivity contribution is 0.397. The summed E-state index contributed by atoms with van der Waals surface area (Å²) >= 11 is 0. The van der Waals surface area contributed by atoms with Crippen LogP contribution in [0.1, 0.15) is 39.5 Å². The van der Waals surface area contributed by atoms with Crippen LogP contribution in [0.4, 0.5) is 5.95 Å². The molecule has 22 heavy (non-hydrogen) atoms. The molecule has 0 spiro atoms. The second-order valence-corrected chi connectivity index (χ2v) is 5.70. The van der Waals surface area contributed by atoms with Crippen LogP contribution in [0.15, 0.2) is 9.59 Å². The molecule has 0 aliphatic carbocycles. The van der Waals surface area contributed by atoms with Gasteiger partial charge in [0.2, 0.25) is 5.95 Å². The Kier molecular flexibility index (Phi) is 5.05. The highest BCUT2D eigenvalue weighted by Gasteiger charge is 2.18. The molecule has 2 aromatic heterocycles. The number of fused-ring (bicyclic) bond motifs is 1. The molecule has 0 saturated heterocycles. The third kappa shape index (κ3) is 2.93. The number of aromatic nitrogens is 4. The molecular weight excluding hydrogens is 282 g/mol. The fraction of sp³-hybridized carbons (Fsp3) is 0.667. The molecule has 2 aromatic rings. The van der Waals surface area contributed by atoms with E-state index in [0.717, 1.165) is 25.8 Å². The normalized spacial score (nSPS) is 12.7. The van der Waals surface area contributed by atoms with Crippen LogP contribution >= 0.6 is 0 Å². The first-order chi connectivity index (χ1) is 10.5. The third-order valence-electron chi connectivity index (χ3n) is 4.21. The Morgan fingerprint density at radius 1 is 1.32 bits per heavy atom. The van der Waals surface area contributed by atoms with Gasteiger partial charge in [0.25, 0.3) is 5.56 Å². The molecule has 2 N–H and O–H groups in total. The average molecular weight is 307 g/mol. The van der Waals surface area contributed by atoms with Gasteiger partial charge in [0.15, 0.2) is 11.2 Å². The van der Waals surface area contributed by atoms with E-state index >= 15 is 0 Å². The summed E-state index contributed by atoms with van der Waals surface area (Å²) in [5.74, 6) is 1.11. The molecule has 2 rings (SSSR count). The Balaban J connectivity index is 2.54. The molecule has 0 radical (unpaired) electrons. The number of unbranched alkanes of at least 4 members (excludes halogenated alkanes) is 1. The van der Waals surface area contributed by atoms with Gasteiger partial charge in [-0.3, -0.25) is 14.3 Å². The van der Waals surface area contributed by atoms with E-state index in [1.54, 1.807) is 14.1 Å². The second kappa shape index (κ2) is 6.81. The van der Waals surface area contributed by atoms with Gasteiger partial charge in [-0.25, -0.2) is 4.79 Å². The molecule has 0 amide bonds. The average Bonchev–Trinajstić information content (AvgIpc) is 2.88. The Morgan fingerprint density at radius 2 is 2.05 bits per heavy atom. The van der Waals surface area contributed by atoms with Crippen LogP contribution in [-0.2, 0) is 13.6 Å². The quantitative estimate of drug-likeness (QED) is 0.815. The fourth-order valence-electron chi connectivity index (χ4n) is 2.78. The monoisotopic (exact) mass is 307 g/mol. The highest BCUT2D eigenvalue weighted by atomic mass is 16.2. The topological polar surface area (TPSA) is 84.7 Å². The summed E-state index contributed by atoms with van der Waals surface area (Å²) in [5.41, 5.74) is 0.0603. The van der Waals surface area contributed by atoms with Crippen molar-refractivity contribution in [3.8, 4) is 0 Å². The summed E-state index contributed by atoms with van der Waals surface area (Å²) in [7, 11) is 3.39. The molecule has 1 unspecified atom stereocenters. The number of nitrogens with zero attached hydrogens (tertiary/aromatic N) is 3. The lowest BCUT2D eigenvalue weighted by atomic mass is 9.99. The van der Waals surface area contributed by atoms with Crippen LogP contribution in [0.25, 0.3) is 11.2 Å². The minimum absolute atomic E-state index is 0.377.